The van der Waals surface area contributed by atoms with Gasteiger partial charge in [0.15, 0.2) is 0 Å². The van der Waals surface area contributed by atoms with Crippen LogP contribution in [0.3, 0.4) is 0 Å². The van der Waals surface area contributed by atoms with Crippen LogP contribution in [0.15, 0.2) is 48.5 Å². The van der Waals surface area contributed by atoms with Crippen molar-refractivity contribution in [2.45, 2.75) is 51.0 Å². The van der Waals surface area contributed by atoms with Crippen molar-refractivity contribution in [1.82, 2.24) is 0 Å². The Morgan fingerprint density at radius 2 is 1.71 bits per heavy atom. The molecule has 0 radical (unpaired) electrons. The van der Waals surface area contributed by atoms with E-state index in [2.05, 4.69) is 62.4 Å². The number of hydrogen-bond acceptors (Lipinski definition) is 1. The molecule has 1 aliphatic rings. The molecule has 1 nitrogen and oxygen atoms in total. The van der Waals surface area contributed by atoms with Crippen LogP contribution in [0.2, 0.25) is 0 Å². The molecule has 1 fully saturated rings. The van der Waals surface area contributed by atoms with Gasteiger partial charge in [0, 0.05) is 11.5 Å². The maximum atomic E-state index is 6.67. The highest BCUT2D eigenvalue weighted by atomic mass is 14.7. The van der Waals surface area contributed by atoms with E-state index in [1.54, 1.807) is 0 Å². The number of aryl methyl sites for hydroxylation is 2. The van der Waals surface area contributed by atoms with Crippen molar-refractivity contribution in [3.8, 4) is 0 Å². The zero-order chi connectivity index (χ0) is 14.9. The van der Waals surface area contributed by atoms with Crippen LogP contribution in [-0.4, -0.2) is 6.04 Å². The Bertz CT molecular complexity index is 611. The van der Waals surface area contributed by atoms with Crippen LogP contribution in [0.1, 0.15) is 41.5 Å². The minimum atomic E-state index is 0.194. The smallest absolute Gasteiger partial charge is 0.0177 e. The highest BCUT2D eigenvalue weighted by Crippen LogP contribution is 2.46. The van der Waals surface area contributed by atoms with Gasteiger partial charge in [0.05, 0.1) is 0 Å². The Balaban J connectivity index is 1.83. The SMILES string of the molecule is Cc1ccc(CC(N)C2(c3ccccc3)CCC2)cc1C. The molecule has 0 spiro atoms. The van der Waals surface area contributed by atoms with Crippen molar-refractivity contribution in [2.24, 2.45) is 5.73 Å². The second kappa shape index (κ2) is 5.65. The quantitative estimate of drug-likeness (QED) is 0.887. The van der Waals surface area contributed by atoms with Crippen LogP contribution in [0.25, 0.3) is 0 Å². The van der Waals surface area contributed by atoms with Gasteiger partial charge in [0.2, 0.25) is 0 Å². The Morgan fingerprint density at radius 3 is 2.29 bits per heavy atom. The van der Waals surface area contributed by atoms with E-state index in [0.717, 1.165) is 6.42 Å². The average molecular weight is 279 g/mol. The van der Waals surface area contributed by atoms with Crippen LogP contribution in [0, 0.1) is 13.8 Å². The molecule has 2 aromatic rings. The largest absolute Gasteiger partial charge is 0.327 e. The van der Waals surface area contributed by atoms with Gasteiger partial charge in [-0.3, -0.25) is 0 Å². The molecule has 2 aromatic carbocycles. The third-order valence-corrected chi connectivity index (χ3v) is 5.33. The summed E-state index contributed by atoms with van der Waals surface area (Å²) in [5.41, 5.74) is 12.4. The van der Waals surface area contributed by atoms with Crippen molar-refractivity contribution in [1.29, 1.82) is 0 Å². The standard InChI is InChI=1S/C20H25N/c1-15-9-10-17(13-16(15)2)14-19(21)20(11-6-12-20)18-7-4-3-5-8-18/h3-5,7-10,13,19H,6,11-12,14,21H2,1-2H3. The fraction of sp³-hybridized carbons (Fsp3) is 0.400. The Hall–Kier alpha value is -1.60. The lowest BCUT2D eigenvalue weighted by Gasteiger charge is -2.47. The molecular weight excluding hydrogens is 254 g/mol. The number of rotatable bonds is 4. The molecule has 1 unspecified atom stereocenters. The number of nitrogens with two attached hydrogens (primary N) is 1. The Morgan fingerprint density at radius 1 is 1.00 bits per heavy atom. The van der Waals surface area contributed by atoms with Crippen molar-refractivity contribution in [3.05, 3.63) is 70.8 Å². The zero-order valence-corrected chi connectivity index (χ0v) is 13.1. The molecule has 0 amide bonds. The van der Waals surface area contributed by atoms with Crippen molar-refractivity contribution in [3.63, 3.8) is 0 Å². The van der Waals surface area contributed by atoms with E-state index in [9.17, 15) is 0 Å². The molecule has 0 aliphatic heterocycles. The third-order valence-electron chi connectivity index (χ3n) is 5.33. The molecule has 1 atom stereocenters. The minimum Gasteiger partial charge on any atom is -0.327 e. The van der Waals surface area contributed by atoms with Gasteiger partial charge in [-0.15, -0.1) is 0 Å². The first kappa shape index (κ1) is 14.3. The summed E-state index contributed by atoms with van der Waals surface area (Å²) in [6, 6.07) is 17.8. The van der Waals surface area contributed by atoms with E-state index < -0.39 is 0 Å². The fourth-order valence-electron chi connectivity index (χ4n) is 3.58. The lowest BCUT2D eigenvalue weighted by Crippen LogP contribution is -2.51. The molecule has 21 heavy (non-hydrogen) atoms. The normalized spacial score (nSPS) is 18.0. The first-order valence-electron chi connectivity index (χ1n) is 7.99. The van der Waals surface area contributed by atoms with Crippen LogP contribution in [-0.2, 0) is 11.8 Å². The summed E-state index contributed by atoms with van der Waals surface area (Å²) in [7, 11) is 0. The number of benzene rings is 2. The highest BCUT2D eigenvalue weighted by molar-refractivity contribution is 5.34. The molecule has 3 rings (SSSR count). The summed E-state index contributed by atoms with van der Waals surface area (Å²) in [6.07, 6.45) is 4.72. The molecule has 1 aliphatic carbocycles. The first-order valence-corrected chi connectivity index (χ1v) is 7.99. The summed E-state index contributed by atoms with van der Waals surface area (Å²) in [6.45, 7) is 4.34. The van der Waals surface area contributed by atoms with E-state index in [4.69, 9.17) is 5.73 Å². The summed E-state index contributed by atoms with van der Waals surface area (Å²) in [5.74, 6) is 0. The van der Waals surface area contributed by atoms with Gasteiger partial charge in [-0.1, -0.05) is 55.0 Å². The lowest BCUT2D eigenvalue weighted by molar-refractivity contribution is 0.194. The average Bonchev–Trinajstić information content (AvgIpc) is 2.43. The molecule has 1 saturated carbocycles. The van der Waals surface area contributed by atoms with Gasteiger partial charge >= 0.3 is 0 Å². The Labute approximate surface area is 128 Å². The van der Waals surface area contributed by atoms with E-state index in [-0.39, 0.29) is 11.5 Å². The molecular formula is C20H25N. The summed E-state index contributed by atoms with van der Waals surface area (Å²) in [4.78, 5) is 0. The van der Waals surface area contributed by atoms with Gasteiger partial charge in [-0.25, -0.2) is 0 Å². The third kappa shape index (κ3) is 2.63. The minimum absolute atomic E-state index is 0.194. The Kier molecular flexibility index (Phi) is 3.86. The number of hydrogen-bond donors (Lipinski definition) is 1. The molecule has 1 heteroatoms. The predicted molar refractivity (Wildman–Crippen MR) is 89.6 cm³/mol. The van der Waals surface area contributed by atoms with Crippen LogP contribution in [0.5, 0.6) is 0 Å². The molecule has 110 valence electrons. The van der Waals surface area contributed by atoms with Crippen LogP contribution in [0.4, 0.5) is 0 Å². The van der Waals surface area contributed by atoms with E-state index >= 15 is 0 Å². The van der Waals surface area contributed by atoms with Gasteiger partial charge in [-0.05, 0) is 55.4 Å². The van der Waals surface area contributed by atoms with Crippen molar-refractivity contribution < 1.29 is 0 Å². The summed E-state index contributed by atoms with van der Waals surface area (Å²) in [5, 5.41) is 0. The van der Waals surface area contributed by atoms with Crippen LogP contribution < -0.4 is 5.73 Å². The van der Waals surface area contributed by atoms with Gasteiger partial charge in [0.25, 0.3) is 0 Å². The van der Waals surface area contributed by atoms with E-state index in [1.807, 2.05) is 0 Å². The molecule has 0 saturated heterocycles. The first-order chi connectivity index (χ1) is 10.1. The van der Waals surface area contributed by atoms with E-state index in [0.29, 0.717) is 0 Å². The molecule has 0 aromatic heterocycles. The summed E-state index contributed by atoms with van der Waals surface area (Å²) < 4.78 is 0. The molecule has 0 heterocycles. The van der Waals surface area contributed by atoms with Gasteiger partial charge in [-0.2, -0.15) is 0 Å². The topological polar surface area (TPSA) is 26.0 Å². The van der Waals surface area contributed by atoms with Crippen molar-refractivity contribution >= 4 is 0 Å². The summed E-state index contributed by atoms with van der Waals surface area (Å²) >= 11 is 0. The highest BCUT2D eigenvalue weighted by Gasteiger charge is 2.43. The maximum Gasteiger partial charge on any atom is 0.0177 e. The second-order valence-corrected chi connectivity index (χ2v) is 6.60. The fourth-order valence-corrected chi connectivity index (χ4v) is 3.58. The molecule has 0 bridgehead atoms. The predicted octanol–water partition coefficient (Wildman–Crippen LogP) is 4.30. The maximum absolute atomic E-state index is 6.67. The molecule has 2 N–H and O–H groups in total. The van der Waals surface area contributed by atoms with Crippen LogP contribution >= 0.6 is 0 Å². The van der Waals surface area contributed by atoms with Crippen molar-refractivity contribution in [2.75, 3.05) is 0 Å². The van der Waals surface area contributed by atoms with Gasteiger partial charge < -0.3 is 5.73 Å². The van der Waals surface area contributed by atoms with Gasteiger partial charge in [0.1, 0.15) is 0 Å². The van der Waals surface area contributed by atoms with E-state index in [1.165, 1.54) is 41.5 Å². The monoisotopic (exact) mass is 279 g/mol. The second-order valence-electron chi connectivity index (χ2n) is 6.60. The lowest BCUT2D eigenvalue weighted by atomic mass is 9.59. The zero-order valence-electron chi connectivity index (χ0n) is 13.1.